The van der Waals surface area contributed by atoms with E-state index in [0.29, 0.717) is 10.3 Å². The van der Waals surface area contributed by atoms with Crippen molar-refractivity contribution in [1.29, 1.82) is 0 Å². The molecular formula is C11H18OS. The van der Waals surface area contributed by atoms with Crippen molar-refractivity contribution >= 4 is 16.9 Å². The molecule has 0 radical (unpaired) electrons. The Kier molecular flexibility index (Phi) is 3.60. The molecule has 0 heterocycles. The topological polar surface area (TPSA) is 17.1 Å². The smallest absolute Gasteiger partial charge is 0.214 e. The molecule has 13 heavy (non-hydrogen) atoms. The quantitative estimate of drug-likeness (QED) is 0.628. The lowest BCUT2D eigenvalue weighted by atomic mass is 10.2. The van der Waals surface area contributed by atoms with Gasteiger partial charge in [0.1, 0.15) is 0 Å². The van der Waals surface area contributed by atoms with Gasteiger partial charge in [0, 0.05) is 4.75 Å². The van der Waals surface area contributed by atoms with Gasteiger partial charge in [0.05, 0.1) is 0 Å². The summed E-state index contributed by atoms with van der Waals surface area (Å²) < 4.78 is 0.312. The molecule has 0 N–H and O–H groups in total. The van der Waals surface area contributed by atoms with Crippen molar-refractivity contribution in [2.24, 2.45) is 0 Å². The Morgan fingerprint density at radius 3 is 2.54 bits per heavy atom. The average Bonchev–Trinajstić information content (AvgIpc) is 2.82. The van der Waals surface area contributed by atoms with Crippen molar-refractivity contribution in [2.45, 2.75) is 50.7 Å². The first-order chi connectivity index (χ1) is 6.09. The van der Waals surface area contributed by atoms with Crippen molar-refractivity contribution in [3.05, 3.63) is 12.2 Å². The molecule has 1 fully saturated rings. The molecule has 0 saturated heterocycles. The minimum absolute atomic E-state index is 0.189. The van der Waals surface area contributed by atoms with Gasteiger partial charge < -0.3 is 0 Å². The molecule has 74 valence electrons. The van der Waals surface area contributed by atoms with Crippen LogP contribution in [0.1, 0.15) is 46.0 Å². The van der Waals surface area contributed by atoms with Crippen LogP contribution in [0.15, 0.2) is 12.2 Å². The van der Waals surface area contributed by atoms with Crippen LogP contribution >= 0.6 is 11.8 Å². The first kappa shape index (κ1) is 10.8. The van der Waals surface area contributed by atoms with E-state index in [0.717, 1.165) is 0 Å². The van der Waals surface area contributed by atoms with Crippen LogP contribution in [0.25, 0.3) is 0 Å². The molecule has 0 aliphatic heterocycles. The summed E-state index contributed by atoms with van der Waals surface area (Å²) >= 11 is 1.52. The summed E-state index contributed by atoms with van der Waals surface area (Å²) in [6.07, 6.45) is 6.11. The number of thioether (sulfide) groups is 1. The molecular weight excluding hydrogens is 180 g/mol. The van der Waals surface area contributed by atoms with Crippen LogP contribution in [0.3, 0.4) is 0 Å². The van der Waals surface area contributed by atoms with E-state index in [1.54, 1.807) is 6.92 Å². The van der Waals surface area contributed by atoms with Gasteiger partial charge in [-0.2, -0.15) is 0 Å². The van der Waals surface area contributed by atoms with E-state index in [1.807, 2.05) is 0 Å². The van der Waals surface area contributed by atoms with Crippen LogP contribution in [0.5, 0.6) is 0 Å². The third-order valence-electron chi connectivity index (χ3n) is 2.45. The zero-order valence-electron chi connectivity index (χ0n) is 8.56. The molecule has 1 nitrogen and oxygen atoms in total. The van der Waals surface area contributed by atoms with E-state index >= 15 is 0 Å². The summed E-state index contributed by atoms with van der Waals surface area (Å²) in [6.45, 7) is 7.67. The lowest BCUT2D eigenvalue weighted by Crippen LogP contribution is -2.07. The average molecular weight is 198 g/mol. The van der Waals surface area contributed by atoms with Crippen LogP contribution < -0.4 is 0 Å². The number of carbonyl (C=O) groups is 1. The Bertz CT molecular complexity index is 216. The number of rotatable bonds is 5. The highest BCUT2D eigenvalue weighted by Gasteiger charge is 2.44. The molecule has 1 rings (SSSR count). The van der Waals surface area contributed by atoms with E-state index < -0.39 is 0 Å². The maximum absolute atomic E-state index is 11.4. The molecule has 0 aromatic heterocycles. The summed E-state index contributed by atoms with van der Waals surface area (Å²) in [5, 5.41) is 0.189. The molecule has 0 amide bonds. The highest BCUT2D eigenvalue weighted by atomic mass is 32.2. The fourth-order valence-electron chi connectivity index (χ4n) is 1.33. The third kappa shape index (κ3) is 3.18. The Hall–Kier alpha value is -0.240. The van der Waals surface area contributed by atoms with E-state index in [4.69, 9.17) is 0 Å². The van der Waals surface area contributed by atoms with Crippen LogP contribution in [0.4, 0.5) is 0 Å². The Labute approximate surface area is 85.0 Å². The maximum Gasteiger partial charge on any atom is 0.214 e. The van der Waals surface area contributed by atoms with Gasteiger partial charge in [-0.05, 0) is 31.8 Å². The second kappa shape index (κ2) is 4.32. The van der Waals surface area contributed by atoms with Crippen molar-refractivity contribution < 1.29 is 4.79 Å². The first-order valence-corrected chi connectivity index (χ1v) is 5.80. The Morgan fingerprint density at radius 1 is 1.54 bits per heavy atom. The molecule has 0 bridgehead atoms. The highest BCUT2D eigenvalue weighted by molar-refractivity contribution is 8.15. The highest BCUT2D eigenvalue weighted by Crippen LogP contribution is 2.52. The number of hydrogen-bond acceptors (Lipinski definition) is 2. The van der Waals surface area contributed by atoms with Crippen molar-refractivity contribution in [1.82, 2.24) is 0 Å². The monoisotopic (exact) mass is 198 g/mol. The van der Waals surface area contributed by atoms with Gasteiger partial charge in [-0.15, -0.1) is 0 Å². The van der Waals surface area contributed by atoms with Crippen LogP contribution in [0, 0.1) is 0 Å². The Morgan fingerprint density at radius 2 is 2.15 bits per heavy atom. The molecule has 1 aliphatic rings. The van der Waals surface area contributed by atoms with Crippen molar-refractivity contribution in [2.75, 3.05) is 0 Å². The lowest BCUT2D eigenvalue weighted by molar-refractivity contribution is -0.107. The normalized spacial score (nSPS) is 18.3. The second-order valence-corrected chi connectivity index (χ2v) is 5.40. The second-order valence-electron chi connectivity index (χ2n) is 3.96. The van der Waals surface area contributed by atoms with Gasteiger partial charge in [0.2, 0.25) is 5.12 Å². The summed E-state index contributed by atoms with van der Waals surface area (Å²) in [5.74, 6) is 0. The Balaban J connectivity index is 2.35. The van der Waals surface area contributed by atoms with Gasteiger partial charge in [-0.3, -0.25) is 4.79 Å². The number of unbranched alkanes of at least 4 members (excludes halogenated alkanes) is 1. The molecule has 1 saturated carbocycles. The predicted octanol–water partition coefficient (Wildman–Crippen LogP) is 3.55. The van der Waals surface area contributed by atoms with E-state index in [1.165, 1.54) is 43.9 Å². The number of carbonyl (C=O) groups excluding carboxylic acids is 1. The summed E-state index contributed by atoms with van der Waals surface area (Å²) in [7, 11) is 0. The van der Waals surface area contributed by atoms with Gasteiger partial charge in [-0.25, -0.2) is 0 Å². The van der Waals surface area contributed by atoms with E-state index in [-0.39, 0.29) is 5.12 Å². The third-order valence-corrected chi connectivity index (χ3v) is 4.03. The zero-order valence-corrected chi connectivity index (χ0v) is 9.38. The summed E-state index contributed by atoms with van der Waals surface area (Å²) in [5.41, 5.74) is 0.688. The maximum atomic E-state index is 11.4. The zero-order chi connectivity index (χ0) is 9.90. The van der Waals surface area contributed by atoms with Gasteiger partial charge >= 0.3 is 0 Å². The van der Waals surface area contributed by atoms with Crippen molar-refractivity contribution in [3.63, 3.8) is 0 Å². The van der Waals surface area contributed by atoms with Crippen LogP contribution in [0.2, 0.25) is 0 Å². The SMILES string of the molecule is C=C(C)C(=O)SC1(CCCC)CC1. The largest absolute Gasteiger partial charge is 0.282 e. The molecule has 0 unspecified atom stereocenters. The summed E-state index contributed by atoms with van der Waals surface area (Å²) in [6, 6.07) is 0. The first-order valence-electron chi connectivity index (χ1n) is 4.98. The minimum Gasteiger partial charge on any atom is -0.282 e. The van der Waals surface area contributed by atoms with Crippen LogP contribution in [-0.4, -0.2) is 9.86 Å². The van der Waals surface area contributed by atoms with E-state index in [9.17, 15) is 4.79 Å². The van der Waals surface area contributed by atoms with Crippen molar-refractivity contribution in [3.8, 4) is 0 Å². The molecule has 0 aromatic rings. The molecule has 2 heteroatoms. The predicted molar refractivity (Wildman–Crippen MR) is 58.9 cm³/mol. The molecule has 0 aromatic carbocycles. The molecule has 1 aliphatic carbocycles. The molecule has 0 atom stereocenters. The van der Waals surface area contributed by atoms with Crippen LogP contribution in [-0.2, 0) is 4.79 Å². The van der Waals surface area contributed by atoms with E-state index in [2.05, 4.69) is 13.5 Å². The molecule has 0 spiro atoms. The fraction of sp³-hybridized carbons (Fsp3) is 0.727. The lowest BCUT2D eigenvalue weighted by Gasteiger charge is -2.12. The van der Waals surface area contributed by atoms with Gasteiger partial charge in [0.15, 0.2) is 0 Å². The summed E-state index contributed by atoms with van der Waals surface area (Å²) in [4.78, 5) is 11.4. The van der Waals surface area contributed by atoms with Gasteiger partial charge in [-0.1, -0.05) is 38.1 Å². The standard InChI is InChI=1S/C11H18OS/c1-4-5-6-11(7-8-11)13-10(12)9(2)3/h2,4-8H2,1,3H3. The fourth-order valence-corrected chi connectivity index (χ4v) is 2.45. The van der Waals surface area contributed by atoms with Gasteiger partial charge in [0.25, 0.3) is 0 Å². The number of hydrogen-bond donors (Lipinski definition) is 0. The minimum atomic E-state index is 0.189.